The zero-order valence-electron chi connectivity index (χ0n) is 10.4. The van der Waals surface area contributed by atoms with Crippen LogP contribution in [0.3, 0.4) is 0 Å². The first-order valence-corrected chi connectivity index (χ1v) is 6.53. The molecule has 0 atom stereocenters. The largest absolute Gasteiger partial charge is 0.293 e. The zero-order chi connectivity index (χ0) is 10.9. The van der Waals surface area contributed by atoms with Crippen molar-refractivity contribution in [3.63, 3.8) is 0 Å². The molecule has 86 valence electrons. The van der Waals surface area contributed by atoms with Gasteiger partial charge in [0.2, 0.25) is 0 Å². The van der Waals surface area contributed by atoms with E-state index in [-0.39, 0.29) is 0 Å². The maximum absolute atomic E-state index is 4.53. The van der Waals surface area contributed by atoms with Crippen molar-refractivity contribution in [3.05, 3.63) is 11.1 Å². The van der Waals surface area contributed by atoms with Gasteiger partial charge in [-0.3, -0.25) is 4.99 Å². The molecule has 0 saturated heterocycles. The van der Waals surface area contributed by atoms with Gasteiger partial charge in [-0.05, 0) is 44.6 Å². The van der Waals surface area contributed by atoms with Gasteiger partial charge in [0.15, 0.2) is 0 Å². The fourth-order valence-corrected chi connectivity index (χ4v) is 2.06. The highest BCUT2D eigenvalue weighted by atomic mass is 14.7. The second-order valence-corrected chi connectivity index (χ2v) is 4.61. The van der Waals surface area contributed by atoms with E-state index in [0.717, 1.165) is 6.54 Å². The lowest BCUT2D eigenvalue weighted by Gasteiger charge is -2.13. The second kappa shape index (κ2) is 7.67. The van der Waals surface area contributed by atoms with Gasteiger partial charge in [-0.2, -0.15) is 0 Å². The minimum atomic E-state index is 1.02. The van der Waals surface area contributed by atoms with Gasteiger partial charge in [0.25, 0.3) is 0 Å². The Morgan fingerprint density at radius 3 is 2.67 bits per heavy atom. The summed E-state index contributed by atoms with van der Waals surface area (Å²) in [5.74, 6) is 0. The van der Waals surface area contributed by atoms with E-state index in [1.807, 2.05) is 0 Å². The van der Waals surface area contributed by atoms with E-state index in [4.69, 9.17) is 0 Å². The van der Waals surface area contributed by atoms with Crippen molar-refractivity contribution in [1.29, 1.82) is 0 Å². The molecule has 0 heterocycles. The summed E-state index contributed by atoms with van der Waals surface area (Å²) in [5.41, 5.74) is 3.08. The first-order chi connectivity index (χ1) is 7.34. The van der Waals surface area contributed by atoms with Crippen LogP contribution < -0.4 is 0 Å². The Labute approximate surface area is 94.7 Å². The van der Waals surface area contributed by atoms with Gasteiger partial charge in [0.05, 0.1) is 0 Å². The van der Waals surface area contributed by atoms with E-state index >= 15 is 0 Å². The molecule has 1 aliphatic carbocycles. The zero-order valence-corrected chi connectivity index (χ0v) is 10.4. The summed E-state index contributed by atoms with van der Waals surface area (Å²) in [6.45, 7) is 5.54. The molecule has 15 heavy (non-hydrogen) atoms. The third-order valence-electron chi connectivity index (χ3n) is 3.18. The van der Waals surface area contributed by atoms with Crippen molar-refractivity contribution in [3.8, 4) is 0 Å². The minimum absolute atomic E-state index is 1.02. The third kappa shape index (κ3) is 5.15. The van der Waals surface area contributed by atoms with Crippen LogP contribution in [0.15, 0.2) is 16.1 Å². The second-order valence-electron chi connectivity index (χ2n) is 4.61. The van der Waals surface area contributed by atoms with Gasteiger partial charge in [0.1, 0.15) is 0 Å². The Hall–Kier alpha value is -0.590. The summed E-state index contributed by atoms with van der Waals surface area (Å²) < 4.78 is 0. The lowest BCUT2D eigenvalue weighted by Crippen LogP contribution is -1.98. The molecule has 0 radical (unpaired) electrons. The van der Waals surface area contributed by atoms with Crippen molar-refractivity contribution in [1.82, 2.24) is 0 Å². The van der Waals surface area contributed by atoms with Gasteiger partial charge < -0.3 is 0 Å². The minimum Gasteiger partial charge on any atom is -0.293 e. The molecule has 0 spiro atoms. The number of hydrogen-bond donors (Lipinski definition) is 0. The number of hydrogen-bond acceptors (Lipinski definition) is 1. The highest BCUT2D eigenvalue weighted by molar-refractivity contribution is 5.79. The molecule has 0 saturated carbocycles. The predicted octanol–water partition coefficient (Wildman–Crippen LogP) is 4.53. The number of unbranched alkanes of at least 4 members (excludes halogenated alkanes) is 3. The predicted molar refractivity (Wildman–Crippen MR) is 68.7 cm³/mol. The summed E-state index contributed by atoms with van der Waals surface area (Å²) in [5, 5.41) is 0. The van der Waals surface area contributed by atoms with Crippen LogP contribution in [0.25, 0.3) is 0 Å². The lowest BCUT2D eigenvalue weighted by atomic mass is 9.93. The Kier molecular flexibility index (Phi) is 6.38. The molecule has 1 rings (SSSR count). The van der Waals surface area contributed by atoms with Crippen molar-refractivity contribution in [2.45, 2.75) is 65.2 Å². The van der Waals surface area contributed by atoms with Gasteiger partial charge in [-0.25, -0.2) is 0 Å². The van der Waals surface area contributed by atoms with Crippen molar-refractivity contribution in [2.75, 3.05) is 6.54 Å². The normalized spacial score (nSPS) is 17.7. The van der Waals surface area contributed by atoms with Gasteiger partial charge in [0, 0.05) is 12.8 Å². The summed E-state index contributed by atoms with van der Waals surface area (Å²) in [6.07, 6.45) is 12.7. The molecular formula is C14H25N. The van der Waals surface area contributed by atoms with Crippen LogP contribution in [0.1, 0.15) is 65.2 Å². The SMILES string of the molecule is CCCCCCN=CC1=C(C)CCCC1. The Bertz CT molecular complexity index is 225. The van der Waals surface area contributed by atoms with Gasteiger partial charge >= 0.3 is 0 Å². The number of allylic oxidation sites excluding steroid dienone is 2. The highest BCUT2D eigenvalue weighted by Gasteiger charge is 2.06. The maximum Gasteiger partial charge on any atom is 0.0389 e. The van der Waals surface area contributed by atoms with Crippen molar-refractivity contribution < 1.29 is 0 Å². The summed E-state index contributed by atoms with van der Waals surface area (Å²) in [4.78, 5) is 4.53. The van der Waals surface area contributed by atoms with Crippen LogP contribution in [-0.2, 0) is 0 Å². The molecule has 1 heteroatoms. The van der Waals surface area contributed by atoms with E-state index in [1.54, 1.807) is 5.57 Å². The lowest BCUT2D eigenvalue weighted by molar-refractivity contribution is 0.673. The summed E-state index contributed by atoms with van der Waals surface area (Å²) in [6, 6.07) is 0. The molecule has 0 aromatic heterocycles. The van der Waals surface area contributed by atoms with Crippen LogP contribution in [0.4, 0.5) is 0 Å². The average molecular weight is 207 g/mol. The summed E-state index contributed by atoms with van der Waals surface area (Å²) >= 11 is 0. The van der Waals surface area contributed by atoms with Crippen LogP contribution in [0.2, 0.25) is 0 Å². The smallest absolute Gasteiger partial charge is 0.0389 e. The Morgan fingerprint density at radius 2 is 1.93 bits per heavy atom. The molecule has 1 nitrogen and oxygen atoms in total. The molecule has 0 fully saturated rings. The van der Waals surface area contributed by atoms with Gasteiger partial charge in [-0.15, -0.1) is 0 Å². The molecule has 0 amide bonds. The first kappa shape index (κ1) is 12.5. The monoisotopic (exact) mass is 207 g/mol. The van der Waals surface area contributed by atoms with E-state index in [9.17, 15) is 0 Å². The van der Waals surface area contributed by atoms with E-state index in [0.29, 0.717) is 0 Å². The van der Waals surface area contributed by atoms with Crippen molar-refractivity contribution >= 4 is 6.21 Å². The molecule has 0 N–H and O–H groups in total. The van der Waals surface area contributed by atoms with Crippen LogP contribution in [0, 0.1) is 0 Å². The maximum atomic E-state index is 4.53. The molecule has 0 aromatic rings. The molecule has 0 aromatic carbocycles. The molecule has 1 aliphatic rings. The fraction of sp³-hybridized carbons (Fsp3) is 0.786. The number of rotatable bonds is 6. The van der Waals surface area contributed by atoms with E-state index in [2.05, 4.69) is 25.1 Å². The fourth-order valence-electron chi connectivity index (χ4n) is 2.06. The van der Waals surface area contributed by atoms with Crippen molar-refractivity contribution in [2.24, 2.45) is 4.99 Å². The molecular weight excluding hydrogens is 182 g/mol. The van der Waals surface area contributed by atoms with Crippen LogP contribution >= 0.6 is 0 Å². The summed E-state index contributed by atoms with van der Waals surface area (Å²) in [7, 11) is 0. The number of nitrogens with zero attached hydrogens (tertiary/aromatic N) is 1. The first-order valence-electron chi connectivity index (χ1n) is 6.53. The standard InChI is InChI=1S/C14H25N/c1-3-4-5-8-11-15-12-14-10-7-6-9-13(14)2/h12H,3-11H2,1-2H3. The van der Waals surface area contributed by atoms with E-state index in [1.165, 1.54) is 56.9 Å². The third-order valence-corrected chi connectivity index (χ3v) is 3.18. The molecule has 0 bridgehead atoms. The topological polar surface area (TPSA) is 12.4 Å². The highest BCUT2D eigenvalue weighted by Crippen LogP contribution is 2.22. The quantitative estimate of drug-likeness (QED) is 0.448. The Balaban J connectivity index is 2.19. The number of aliphatic imine (C=N–C) groups is 1. The van der Waals surface area contributed by atoms with Crippen LogP contribution in [-0.4, -0.2) is 12.8 Å². The van der Waals surface area contributed by atoms with E-state index < -0.39 is 0 Å². The van der Waals surface area contributed by atoms with Crippen LogP contribution in [0.5, 0.6) is 0 Å². The molecule has 0 aliphatic heterocycles. The molecule has 0 unspecified atom stereocenters. The van der Waals surface area contributed by atoms with Gasteiger partial charge in [-0.1, -0.05) is 31.8 Å². The Morgan fingerprint density at radius 1 is 1.13 bits per heavy atom. The average Bonchev–Trinajstić information content (AvgIpc) is 2.25.